The lowest BCUT2D eigenvalue weighted by molar-refractivity contribution is -0.0493. The topological polar surface area (TPSA) is 32.3 Å². The van der Waals surface area contributed by atoms with Crippen LogP contribution < -0.4 is 5.32 Å². The molecule has 0 amide bonds. The molecule has 0 aromatic carbocycles. The Kier molecular flexibility index (Phi) is 3.13. The standard InChI is InChI=1S/C10H21NO/c1-8(2)10(3,12)9-5-4-6-11-7-9/h8-9,11-12H,4-7H2,1-3H3/t9-,10+/m0/s1. The lowest BCUT2D eigenvalue weighted by atomic mass is 9.76. The summed E-state index contributed by atoms with van der Waals surface area (Å²) >= 11 is 0. The lowest BCUT2D eigenvalue weighted by Crippen LogP contribution is -2.47. The van der Waals surface area contributed by atoms with E-state index >= 15 is 0 Å². The molecule has 1 fully saturated rings. The molecule has 0 bridgehead atoms. The lowest BCUT2D eigenvalue weighted by Gasteiger charge is -2.38. The van der Waals surface area contributed by atoms with Crippen LogP contribution in [0.4, 0.5) is 0 Å². The Morgan fingerprint density at radius 2 is 2.17 bits per heavy atom. The highest BCUT2D eigenvalue weighted by Crippen LogP contribution is 2.30. The summed E-state index contributed by atoms with van der Waals surface area (Å²) < 4.78 is 0. The molecule has 1 aliphatic heterocycles. The fourth-order valence-electron chi connectivity index (χ4n) is 1.82. The zero-order chi connectivity index (χ0) is 9.19. The van der Waals surface area contributed by atoms with Gasteiger partial charge >= 0.3 is 0 Å². The van der Waals surface area contributed by atoms with Crippen molar-refractivity contribution in [3.63, 3.8) is 0 Å². The van der Waals surface area contributed by atoms with Crippen molar-refractivity contribution >= 4 is 0 Å². The molecule has 0 spiro atoms. The Morgan fingerprint density at radius 1 is 1.50 bits per heavy atom. The van der Waals surface area contributed by atoms with E-state index in [9.17, 15) is 5.11 Å². The maximum atomic E-state index is 10.2. The first-order chi connectivity index (χ1) is 5.55. The first kappa shape index (κ1) is 10.0. The summed E-state index contributed by atoms with van der Waals surface area (Å²) in [5.41, 5.74) is -0.493. The molecule has 2 nitrogen and oxygen atoms in total. The van der Waals surface area contributed by atoms with E-state index in [2.05, 4.69) is 19.2 Å². The SMILES string of the molecule is CC(C)[C@@](C)(O)[C@H]1CCCNC1. The van der Waals surface area contributed by atoms with Gasteiger partial charge in [-0.15, -0.1) is 0 Å². The van der Waals surface area contributed by atoms with Gasteiger partial charge in [0.1, 0.15) is 0 Å². The molecule has 1 heterocycles. The van der Waals surface area contributed by atoms with Gasteiger partial charge in [0.25, 0.3) is 0 Å². The Balaban J connectivity index is 2.53. The van der Waals surface area contributed by atoms with Crippen LogP contribution in [-0.2, 0) is 0 Å². The van der Waals surface area contributed by atoms with Crippen molar-refractivity contribution in [2.45, 2.75) is 39.2 Å². The van der Waals surface area contributed by atoms with Crippen LogP contribution in [0.2, 0.25) is 0 Å². The van der Waals surface area contributed by atoms with Crippen molar-refractivity contribution in [2.75, 3.05) is 13.1 Å². The van der Waals surface area contributed by atoms with Crippen LogP contribution in [0, 0.1) is 11.8 Å². The van der Waals surface area contributed by atoms with Gasteiger partial charge in [-0.25, -0.2) is 0 Å². The largest absolute Gasteiger partial charge is 0.390 e. The minimum atomic E-state index is -0.493. The van der Waals surface area contributed by atoms with Gasteiger partial charge in [-0.1, -0.05) is 13.8 Å². The van der Waals surface area contributed by atoms with Crippen LogP contribution >= 0.6 is 0 Å². The third kappa shape index (κ3) is 1.99. The zero-order valence-electron chi connectivity index (χ0n) is 8.43. The Hall–Kier alpha value is -0.0800. The molecule has 0 radical (unpaired) electrons. The molecule has 0 aromatic heterocycles. The van der Waals surface area contributed by atoms with E-state index < -0.39 is 5.60 Å². The second-order valence-electron chi connectivity index (χ2n) is 4.42. The van der Waals surface area contributed by atoms with E-state index in [-0.39, 0.29) is 0 Å². The molecule has 0 aromatic rings. The summed E-state index contributed by atoms with van der Waals surface area (Å²) in [6.45, 7) is 8.24. The number of hydrogen-bond acceptors (Lipinski definition) is 2. The highest BCUT2D eigenvalue weighted by Gasteiger charge is 2.35. The Labute approximate surface area is 75.4 Å². The zero-order valence-corrected chi connectivity index (χ0v) is 8.43. The first-order valence-corrected chi connectivity index (χ1v) is 4.98. The van der Waals surface area contributed by atoms with Crippen molar-refractivity contribution in [1.29, 1.82) is 0 Å². The van der Waals surface area contributed by atoms with Crippen molar-refractivity contribution in [3.8, 4) is 0 Å². The molecule has 72 valence electrons. The first-order valence-electron chi connectivity index (χ1n) is 4.98. The number of aliphatic hydroxyl groups is 1. The van der Waals surface area contributed by atoms with Gasteiger partial charge in [-0.2, -0.15) is 0 Å². The summed E-state index contributed by atoms with van der Waals surface area (Å²) in [7, 11) is 0. The normalized spacial score (nSPS) is 30.2. The average Bonchev–Trinajstić information content (AvgIpc) is 2.06. The second kappa shape index (κ2) is 3.75. The Bertz CT molecular complexity index is 137. The smallest absolute Gasteiger partial charge is 0.0682 e. The fourth-order valence-corrected chi connectivity index (χ4v) is 1.82. The molecule has 2 heteroatoms. The molecule has 0 aliphatic carbocycles. The quantitative estimate of drug-likeness (QED) is 0.658. The van der Waals surface area contributed by atoms with E-state index in [0.29, 0.717) is 11.8 Å². The van der Waals surface area contributed by atoms with Crippen LogP contribution in [0.5, 0.6) is 0 Å². The van der Waals surface area contributed by atoms with Gasteiger partial charge in [0, 0.05) is 12.5 Å². The summed E-state index contributed by atoms with van der Waals surface area (Å²) in [6, 6.07) is 0. The van der Waals surface area contributed by atoms with E-state index in [4.69, 9.17) is 0 Å². The van der Waals surface area contributed by atoms with Crippen LogP contribution in [0.3, 0.4) is 0 Å². The van der Waals surface area contributed by atoms with Crippen LogP contribution in [0.25, 0.3) is 0 Å². The van der Waals surface area contributed by atoms with Crippen molar-refractivity contribution in [1.82, 2.24) is 5.32 Å². The van der Waals surface area contributed by atoms with Crippen molar-refractivity contribution < 1.29 is 5.11 Å². The third-order valence-electron chi connectivity index (χ3n) is 3.29. The van der Waals surface area contributed by atoms with Gasteiger partial charge in [0.2, 0.25) is 0 Å². The highest BCUT2D eigenvalue weighted by molar-refractivity contribution is 4.88. The number of hydrogen-bond donors (Lipinski definition) is 2. The molecule has 1 aliphatic rings. The summed E-state index contributed by atoms with van der Waals surface area (Å²) in [4.78, 5) is 0. The molecule has 2 N–H and O–H groups in total. The molecule has 0 unspecified atom stereocenters. The van der Waals surface area contributed by atoms with E-state index in [1.807, 2.05) is 6.92 Å². The Morgan fingerprint density at radius 3 is 2.58 bits per heavy atom. The molecule has 1 saturated heterocycles. The van der Waals surface area contributed by atoms with E-state index in [0.717, 1.165) is 19.5 Å². The monoisotopic (exact) mass is 171 g/mol. The highest BCUT2D eigenvalue weighted by atomic mass is 16.3. The van der Waals surface area contributed by atoms with Crippen LogP contribution in [0.1, 0.15) is 33.6 Å². The van der Waals surface area contributed by atoms with Gasteiger partial charge in [0.15, 0.2) is 0 Å². The maximum absolute atomic E-state index is 10.2. The molecule has 1 rings (SSSR count). The van der Waals surface area contributed by atoms with Crippen molar-refractivity contribution in [3.05, 3.63) is 0 Å². The summed E-state index contributed by atoms with van der Waals surface area (Å²) in [6.07, 6.45) is 2.37. The van der Waals surface area contributed by atoms with Gasteiger partial charge in [-0.3, -0.25) is 0 Å². The third-order valence-corrected chi connectivity index (χ3v) is 3.29. The minimum Gasteiger partial charge on any atom is -0.390 e. The van der Waals surface area contributed by atoms with Crippen LogP contribution in [0.15, 0.2) is 0 Å². The predicted octanol–water partition coefficient (Wildman–Crippen LogP) is 1.39. The molecule has 2 atom stereocenters. The van der Waals surface area contributed by atoms with Gasteiger partial charge < -0.3 is 10.4 Å². The maximum Gasteiger partial charge on any atom is 0.0682 e. The molecule has 12 heavy (non-hydrogen) atoms. The molecular formula is C10H21NO. The number of nitrogens with one attached hydrogen (secondary N) is 1. The predicted molar refractivity (Wildman–Crippen MR) is 51.1 cm³/mol. The fraction of sp³-hybridized carbons (Fsp3) is 1.00. The van der Waals surface area contributed by atoms with Crippen molar-refractivity contribution in [2.24, 2.45) is 11.8 Å². The second-order valence-corrected chi connectivity index (χ2v) is 4.42. The van der Waals surface area contributed by atoms with Gasteiger partial charge in [-0.05, 0) is 32.2 Å². The van der Waals surface area contributed by atoms with Crippen LogP contribution in [-0.4, -0.2) is 23.8 Å². The van der Waals surface area contributed by atoms with Gasteiger partial charge in [0.05, 0.1) is 5.60 Å². The average molecular weight is 171 g/mol. The number of rotatable bonds is 2. The molecule has 0 saturated carbocycles. The summed E-state index contributed by atoms with van der Waals surface area (Å²) in [5.74, 6) is 0.786. The molecular weight excluding hydrogens is 150 g/mol. The van der Waals surface area contributed by atoms with E-state index in [1.54, 1.807) is 0 Å². The number of piperidine rings is 1. The summed E-state index contributed by atoms with van der Waals surface area (Å²) in [5, 5.41) is 13.5. The minimum absolute atomic E-state index is 0.349. The van der Waals surface area contributed by atoms with E-state index in [1.165, 1.54) is 6.42 Å².